The molecule has 1 atom stereocenters. The molecule has 0 aliphatic heterocycles. The second-order valence-corrected chi connectivity index (χ2v) is 5.93. The molecule has 0 fully saturated rings. The van der Waals surface area contributed by atoms with Crippen molar-refractivity contribution in [2.45, 2.75) is 13.0 Å². The average Bonchev–Trinajstić information content (AvgIpc) is 2.57. The molecule has 0 unspecified atom stereocenters. The molecular formula is C16H12Cl2N4O4. The summed E-state index contributed by atoms with van der Waals surface area (Å²) >= 11 is 11.7. The Bertz CT molecular complexity index is 902. The van der Waals surface area contributed by atoms with Gasteiger partial charge in [0.1, 0.15) is 0 Å². The van der Waals surface area contributed by atoms with Gasteiger partial charge in [0.25, 0.3) is 11.6 Å². The fourth-order valence-electron chi connectivity index (χ4n) is 1.93. The van der Waals surface area contributed by atoms with Gasteiger partial charge < -0.3 is 5.32 Å². The van der Waals surface area contributed by atoms with E-state index in [1.165, 1.54) is 12.1 Å². The molecule has 26 heavy (non-hydrogen) atoms. The van der Waals surface area contributed by atoms with Gasteiger partial charge in [-0.25, -0.2) is 0 Å². The lowest BCUT2D eigenvalue weighted by molar-refractivity contribution is -0.384. The highest BCUT2D eigenvalue weighted by molar-refractivity contribution is 6.34. The normalized spacial score (nSPS) is 12.0. The second-order valence-electron chi connectivity index (χ2n) is 5.09. The van der Waals surface area contributed by atoms with Crippen LogP contribution in [0.1, 0.15) is 6.92 Å². The van der Waals surface area contributed by atoms with E-state index in [1.54, 1.807) is 24.3 Å². The van der Waals surface area contributed by atoms with Gasteiger partial charge in [-0.15, -0.1) is 5.11 Å². The molecule has 2 rings (SSSR count). The van der Waals surface area contributed by atoms with E-state index in [1.807, 2.05) is 0 Å². The number of hydrogen-bond acceptors (Lipinski definition) is 6. The number of carbonyl (C=O) groups is 2. The number of azo groups is 1. The number of rotatable bonds is 6. The van der Waals surface area contributed by atoms with Gasteiger partial charge in [-0.2, -0.15) is 5.11 Å². The summed E-state index contributed by atoms with van der Waals surface area (Å²) in [5, 5.41) is 21.3. The highest BCUT2D eigenvalue weighted by Crippen LogP contribution is 2.30. The van der Waals surface area contributed by atoms with Gasteiger partial charge in [-0.05, 0) is 31.2 Å². The van der Waals surface area contributed by atoms with E-state index >= 15 is 0 Å². The molecule has 2 aromatic rings. The summed E-state index contributed by atoms with van der Waals surface area (Å²) in [4.78, 5) is 34.4. The molecule has 0 radical (unpaired) electrons. The largest absolute Gasteiger partial charge is 0.322 e. The van der Waals surface area contributed by atoms with E-state index in [9.17, 15) is 19.7 Å². The number of nitrogens with zero attached hydrogens (tertiary/aromatic N) is 3. The summed E-state index contributed by atoms with van der Waals surface area (Å²) in [5.41, 5.74) is -0.218. The van der Waals surface area contributed by atoms with Crippen LogP contribution in [-0.4, -0.2) is 22.7 Å². The molecule has 0 aliphatic carbocycles. The molecule has 0 aliphatic rings. The lowest BCUT2D eigenvalue weighted by Gasteiger charge is -2.10. The van der Waals surface area contributed by atoms with Crippen molar-refractivity contribution >= 4 is 52.0 Å². The number of halogens is 2. The number of carbonyl (C=O) groups excluding carboxylic acids is 2. The van der Waals surface area contributed by atoms with E-state index in [2.05, 4.69) is 15.5 Å². The van der Waals surface area contributed by atoms with Crippen LogP contribution in [0, 0.1) is 10.1 Å². The van der Waals surface area contributed by atoms with Crippen LogP contribution in [0.4, 0.5) is 17.1 Å². The number of amides is 1. The van der Waals surface area contributed by atoms with E-state index in [4.69, 9.17) is 23.2 Å². The molecule has 134 valence electrons. The van der Waals surface area contributed by atoms with Crippen molar-refractivity contribution in [3.63, 3.8) is 0 Å². The first-order valence-corrected chi connectivity index (χ1v) is 7.96. The Hall–Kier alpha value is -2.84. The van der Waals surface area contributed by atoms with E-state index in [-0.39, 0.29) is 15.7 Å². The Morgan fingerprint density at radius 1 is 1.19 bits per heavy atom. The summed E-state index contributed by atoms with van der Waals surface area (Å²) in [6.45, 7) is 1.16. The number of para-hydroxylation sites is 1. The molecule has 2 aromatic carbocycles. The maximum Gasteiger partial charge on any atom is 0.298 e. The third-order valence-electron chi connectivity index (χ3n) is 3.18. The smallest absolute Gasteiger partial charge is 0.298 e. The van der Waals surface area contributed by atoms with E-state index < -0.39 is 28.3 Å². The molecule has 0 aromatic heterocycles. The predicted molar refractivity (Wildman–Crippen MR) is 97.2 cm³/mol. The van der Waals surface area contributed by atoms with Gasteiger partial charge in [0.2, 0.25) is 6.04 Å². The summed E-state index contributed by atoms with van der Waals surface area (Å²) in [5.74, 6) is -1.35. The average molecular weight is 395 g/mol. The van der Waals surface area contributed by atoms with Gasteiger partial charge in [0.05, 0.1) is 15.6 Å². The zero-order valence-corrected chi connectivity index (χ0v) is 14.9. The molecule has 0 saturated carbocycles. The lowest BCUT2D eigenvalue weighted by Crippen LogP contribution is -2.31. The van der Waals surface area contributed by atoms with Gasteiger partial charge in [0, 0.05) is 11.1 Å². The van der Waals surface area contributed by atoms with Gasteiger partial charge in [-0.1, -0.05) is 35.3 Å². The van der Waals surface area contributed by atoms with Crippen molar-refractivity contribution in [1.29, 1.82) is 0 Å². The minimum atomic E-state index is -1.48. The van der Waals surface area contributed by atoms with Crippen LogP contribution in [0.25, 0.3) is 0 Å². The minimum absolute atomic E-state index is 0.129. The van der Waals surface area contributed by atoms with Crippen molar-refractivity contribution in [3.05, 3.63) is 62.6 Å². The first-order valence-electron chi connectivity index (χ1n) is 7.20. The zero-order valence-electron chi connectivity index (χ0n) is 13.3. The molecule has 0 spiro atoms. The van der Waals surface area contributed by atoms with Crippen LogP contribution in [-0.2, 0) is 9.59 Å². The number of nitro benzene ring substituents is 1. The number of benzene rings is 2. The fraction of sp³-hybridized carbons (Fsp3) is 0.125. The monoisotopic (exact) mass is 394 g/mol. The molecule has 0 bridgehead atoms. The molecule has 0 saturated heterocycles. The Morgan fingerprint density at radius 3 is 2.50 bits per heavy atom. The Kier molecular flexibility index (Phi) is 6.37. The third kappa shape index (κ3) is 4.84. The minimum Gasteiger partial charge on any atom is -0.322 e. The highest BCUT2D eigenvalue weighted by atomic mass is 35.5. The standard InChI is InChI=1S/C16H12Cl2N4O4/c1-9(23)15(16(24)19-12-5-3-2-4-11(12)18)21-20-13-7-6-10(17)8-14(13)22(25)26/h2-8,15H,1H3,(H,19,24)/t15-/m1/s1. The number of nitro groups is 1. The van der Waals surface area contributed by atoms with Crippen molar-refractivity contribution < 1.29 is 14.5 Å². The molecular weight excluding hydrogens is 383 g/mol. The fourth-order valence-corrected chi connectivity index (χ4v) is 2.28. The molecule has 1 amide bonds. The first kappa shape index (κ1) is 19.5. The number of Topliss-reactive ketones (excluding diaryl/α,β-unsaturated/α-hetero) is 1. The lowest BCUT2D eigenvalue weighted by atomic mass is 10.2. The van der Waals surface area contributed by atoms with E-state index in [0.717, 1.165) is 13.0 Å². The highest BCUT2D eigenvalue weighted by Gasteiger charge is 2.24. The number of anilines is 1. The second kappa shape index (κ2) is 8.50. The third-order valence-corrected chi connectivity index (χ3v) is 3.74. The number of ketones is 1. The Labute approximate surface area is 158 Å². The summed E-state index contributed by atoms with van der Waals surface area (Å²) in [6.07, 6.45) is 0. The molecule has 10 heteroatoms. The molecule has 0 heterocycles. The van der Waals surface area contributed by atoms with Gasteiger partial charge >= 0.3 is 0 Å². The molecule has 8 nitrogen and oxygen atoms in total. The number of hydrogen-bond donors (Lipinski definition) is 1. The van der Waals surface area contributed by atoms with Crippen LogP contribution in [0.2, 0.25) is 10.0 Å². The van der Waals surface area contributed by atoms with Crippen molar-refractivity contribution in [2.24, 2.45) is 10.2 Å². The maximum absolute atomic E-state index is 12.3. The van der Waals surface area contributed by atoms with Crippen LogP contribution < -0.4 is 5.32 Å². The summed E-state index contributed by atoms with van der Waals surface area (Å²) in [7, 11) is 0. The van der Waals surface area contributed by atoms with Gasteiger partial charge in [-0.3, -0.25) is 19.7 Å². The SMILES string of the molecule is CC(=O)[C@@H](N=Nc1ccc(Cl)cc1[N+](=O)[O-])C(=O)Nc1ccccc1Cl. The van der Waals surface area contributed by atoms with Crippen LogP contribution >= 0.6 is 23.2 Å². The summed E-state index contributed by atoms with van der Waals surface area (Å²) in [6, 6.07) is 8.73. The van der Waals surface area contributed by atoms with E-state index in [0.29, 0.717) is 5.69 Å². The zero-order chi connectivity index (χ0) is 19.3. The quantitative estimate of drug-likeness (QED) is 0.334. The first-order chi connectivity index (χ1) is 12.3. The van der Waals surface area contributed by atoms with Crippen LogP contribution in [0.3, 0.4) is 0 Å². The number of nitrogens with one attached hydrogen (secondary N) is 1. The Balaban J connectivity index is 2.27. The van der Waals surface area contributed by atoms with Crippen LogP contribution in [0.5, 0.6) is 0 Å². The van der Waals surface area contributed by atoms with Crippen molar-refractivity contribution in [3.8, 4) is 0 Å². The van der Waals surface area contributed by atoms with Crippen LogP contribution in [0.15, 0.2) is 52.7 Å². The van der Waals surface area contributed by atoms with Crippen molar-refractivity contribution in [2.75, 3.05) is 5.32 Å². The predicted octanol–water partition coefficient (Wildman–Crippen LogP) is 4.58. The Morgan fingerprint density at radius 2 is 1.88 bits per heavy atom. The summed E-state index contributed by atoms with van der Waals surface area (Å²) < 4.78 is 0. The maximum atomic E-state index is 12.3. The van der Waals surface area contributed by atoms with Gasteiger partial charge in [0.15, 0.2) is 11.5 Å². The molecule has 1 N–H and O–H groups in total. The van der Waals surface area contributed by atoms with Crippen molar-refractivity contribution in [1.82, 2.24) is 0 Å². The topological polar surface area (TPSA) is 114 Å².